The van der Waals surface area contributed by atoms with Crippen molar-refractivity contribution < 1.29 is 0 Å². The van der Waals surface area contributed by atoms with Crippen LogP contribution in [-0.2, 0) is 0 Å². The standard InChI is InChI=1S/C14H17ClIN/c15-12-7-10(3-4-13(12)16)14(17)11-6-8-1-2-9(11)5-8/h3-4,7-9,11,14H,1-2,5-6,17H2. The molecule has 0 heterocycles. The molecule has 2 bridgehead atoms. The van der Waals surface area contributed by atoms with E-state index in [4.69, 9.17) is 17.3 Å². The van der Waals surface area contributed by atoms with Crippen LogP contribution in [0, 0.1) is 21.3 Å². The molecular weight excluding hydrogens is 345 g/mol. The van der Waals surface area contributed by atoms with Crippen LogP contribution in [0.25, 0.3) is 0 Å². The van der Waals surface area contributed by atoms with Gasteiger partial charge in [0.05, 0.1) is 5.02 Å². The number of nitrogens with two attached hydrogens (primary N) is 1. The van der Waals surface area contributed by atoms with Crippen molar-refractivity contribution in [2.24, 2.45) is 23.5 Å². The molecule has 0 spiro atoms. The Hall–Kier alpha value is 0.200. The fourth-order valence-electron chi connectivity index (χ4n) is 3.70. The van der Waals surface area contributed by atoms with Crippen molar-refractivity contribution in [3.63, 3.8) is 0 Å². The molecule has 2 fully saturated rings. The second kappa shape index (κ2) is 4.71. The predicted molar refractivity (Wildman–Crippen MR) is 80.0 cm³/mol. The molecule has 1 aromatic rings. The van der Waals surface area contributed by atoms with E-state index in [2.05, 4.69) is 40.8 Å². The topological polar surface area (TPSA) is 26.0 Å². The van der Waals surface area contributed by atoms with Crippen molar-refractivity contribution >= 4 is 34.2 Å². The zero-order valence-electron chi connectivity index (χ0n) is 9.70. The van der Waals surface area contributed by atoms with Crippen LogP contribution in [0.1, 0.15) is 37.3 Å². The molecule has 2 aliphatic rings. The Labute approximate surface area is 121 Å². The van der Waals surface area contributed by atoms with Gasteiger partial charge in [0.15, 0.2) is 0 Å². The molecule has 3 rings (SSSR count). The first-order chi connectivity index (χ1) is 8.15. The lowest BCUT2D eigenvalue weighted by molar-refractivity contribution is 0.284. The molecule has 4 unspecified atom stereocenters. The Kier molecular flexibility index (Phi) is 3.39. The highest BCUT2D eigenvalue weighted by atomic mass is 127. The van der Waals surface area contributed by atoms with E-state index in [1.54, 1.807) is 0 Å². The van der Waals surface area contributed by atoms with E-state index in [0.29, 0.717) is 5.92 Å². The minimum absolute atomic E-state index is 0.180. The van der Waals surface area contributed by atoms with Crippen LogP contribution in [0.2, 0.25) is 5.02 Å². The van der Waals surface area contributed by atoms with E-state index in [1.807, 2.05) is 0 Å². The summed E-state index contributed by atoms with van der Waals surface area (Å²) >= 11 is 8.44. The lowest BCUT2D eigenvalue weighted by Crippen LogP contribution is -2.25. The van der Waals surface area contributed by atoms with Gasteiger partial charge in [0.1, 0.15) is 0 Å². The molecule has 92 valence electrons. The Morgan fingerprint density at radius 3 is 2.71 bits per heavy atom. The van der Waals surface area contributed by atoms with Crippen LogP contribution < -0.4 is 5.73 Å². The minimum Gasteiger partial charge on any atom is -0.324 e. The van der Waals surface area contributed by atoms with Crippen molar-refractivity contribution in [3.8, 4) is 0 Å². The van der Waals surface area contributed by atoms with E-state index < -0.39 is 0 Å². The Bertz CT molecular complexity index is 434. The quantitative estimate of drug-likeness (QED) is 0.777. The molecule has 0 amide bonds. The van der Waals surface area contributed by atoms with Gasteiger partial charge in [-0.25, -0.2) is 0 Å². The van der Waals surface area contributed by atoms with Crippen molar-refractivity contribution in [3.05, 3.63) is 32.4 Å². The largest absolute Gasteiger partial charge is 0.324 e. The average Bonchev–Trinajstić information content (AvgIpc) is 2.93. The molecule has 2 N–H and O–H groups in total. The normalized spacial score (nSPS) is 33.0. The average molecular weight is 362 g/mol. The summed E-state index contributed by atoms with van der Waals surface area (Å²) in [4.78, 5) is 0. The van der Waals surface area contributed by atoms with Gasteiger partial charge in [-0.2, -0.15) is 0 Å². The highest BCUT2D eigenvalue weighted by Crippen LogP contribution is 2.52. The molecule has 2 saturated carbocycles. The van der Waals surface area contributed by atoms with Gasteiger partial charge in [0.2, 0.25) is 0 Å². The summed E-state index contributed by atoms with van der Waals surface area (Å²) in [5.41, 5.74) is 7.66. The first kappa shape index (κ1) is 12.2. The molecule has 4 atom stereocenters. The van der Waals surface area contributed by atoms with Crippen LogP contribution in [0.5, 0.6) is 0 Å². The lowest BCUT2D eigenvalue weighted by Gasteiger charge is -2.28. The molecule has 0 aromatic heterocycles. The van der Waals surface area contributed by atoms with E-state index in [1.165, 1.54) is 31.2 Å². The third kappa shape index (κ3) is 2.24. The molecule has 1 nitrogen and oxygen atoms in total. The van der Waals surface area contributed by atoms with Crippen molar-refractivity contribution in [2.45, 2.75) is 31.7 Å². The molecule has 0 aliphatic heterocycles. The summed E-state index contributed by atoms with van der Waals surface area (Å²) in [6, 6.07) is 6.45. The van der Waals surface area contributed by atoms with Gasteiger partial charge >= 0.3 is 0 Å². The zero-order valence-corrected chi connectivity index (χ0v) is 12.6. The van der Waals surface area contributed by atoms with Crippen LogP contribution in [-0.4, -0.2) is 0 Å². The molecule has 2 aliphatic carbocycles. The summed E-state index contributed by atoms with van der Waals surface area (Å²) in [7, 11) is 0. The highest BCUT2D eigenvalue weighted by Gasteiger charge is 2.42. The number of halogens is 2. The van der Waals surface area contributed by atoms with Gasteiger partial charge in [-0.05, 0) is 77.3 Å². The SMILES string of the molecule is NC(c1ccc(I)c(Cl)c1)C1CC2CCC1C2. The minimum atomic E-state index is 0.180. The second-order valence-electron chi connectivity index (χ2n) is 5.54. The third-order valence-corrected chi connectivity index (χ3v) is 6.15. The Morgan fingerprint density at radius 1 is 1.29 bits per heavy atom. The second-order valence-corrected chi connectivity index (χ2v) is 7.11. The van der Waals surface area contributed by atoms with Gasteiger partial charge in [-0.3, -0.25) is 0 Å². The van der Waals surface area contributed by atoms with Gasteiger partial charge in [0, 0.05) is 9.61 Å². The van der Waals surface area contributed by atoms with Crippen LogP contribution in [0.15, 0.2) is 18.2 Å². The predicted octanol–water partition coefficient (Wildman–Crippen LogP) is 4.38. The van der Waals surface area contributed by atoms with E-state index in [0.717, 1.165) is 20.4 Å². The van der Waals surface area contributed by atoms with Gasteiger partial charge in [0.25, 0.3) is 0 Å². The van der Waals surface area contributed by atoms with Crippen LogP contribution >= 0.6 is 34.2 Å². The number of hydrogen-bond acceptors (Lipinski definition) is 1. The Morgan fingerprint density at radius 2 is 2.12 bits per heavy atom. The number of hydrogen-bond donors (Lipinski definition) is 1. The Balaban J connectivity index is 1.81. The first-order valence-electron chi connectivity index (χ1n) is 6.35. The monoisotopic (exact) mass is 361 g/mol. The van der Waals surface area contributed by atoms with Crippen molar-refractivity contribution in [1.82, 2.24) is 0 Å². The lowest BCUT2D eigenvalue weighted by atomic mass is 9.81. The number of benzene rings is 1. The van der Waals surface area contributed by atoms with Crippen molar-refractivity contribution in [1.29, 1.82) is 0 Å². The molecule has 0 saturated heterocycles. The van der Waals surface area contributed by atoms with Crippen molar-refractivity contribution in [2.75, 3.05) is 0 Å². The molecule has 0 radical (unpaired) electrons. The summed E-state index contributed by atoms with van der Waals surface area (Å²) < 4.78 is 1.10. The highest BCUT2D eigenvalue weighted by molar-refractivity contribution is 14.1. The third-order valence-electron chi connectivity index (χ3n) is 4.58. The fraction of sp³-hybridized carbons (Fsp3) is 0.571. The molecule has 17 heavy (non-hydrogen) atoms. The van der Waals surface area contributed by atoms with Gasteiger partial charge < -0.3 is 5.73 Å². The fourth-order valence-corrected chi connectivity index (χ4v) is 4.23. The van der Waals surface area contributed by atoms with E-state index in [-0.39, 0.29) is 6.04 Å². The smallest absolute Gasteiger partial charge is 0.0542 e. The van der Waals surface area contributed by atoms with E-state index >= 15 is 0 Å². The first-order valence-corrected chi connectivity index (χ1v) is 7.81. The number of fused-ring (bicyclic) bond motifs is 2. The van der Waals surface area contributed by atoms with Crippen LogP contribution in [0.3, 0.4) is 0 Å². The van der Waals surface area contributed by atoms with Crippen LogP contribution in [0.4, 0.5) is 0 Å². The number of rotatable bonds is 2. The maximum atomic E-state index is 6.44. The van der Waals surface area contributed by atoms with Gasteiger partial charge in [-0.15, -0.1) is 0 Å². The summed E-state index contributed by atoms with van der Waals surface area (Å²) in [6.07, 6.45) is 5.56. The van der Waals surface area contributed by atoms with Gasteiger partial charge in [-0.1, -0.05) is 24.1 Å². The summed E-state index contributed by atoms with van der Waals surface area (Å²) in [5, 5.41) is 0.835. The summed E-state index contributed by atoms with van der Waals surface area (Å²) in [5.74, 6) is 2.51. The maximum Gasteiger partial charge on any atom is 0.0542 e. The molecule has 1 aromatic carbocycles. The molecule has 3 heteroatoms. The molecular formula is C14H17ClIN. The van der Waals surface area contributed by atoms with E-state index in [9.17, 15) is 0 Å². The summed E-state index contributed by atoms with van der Waals surface area (Å²) in [6.45, 7) is 0. The zero-order chi connectivity index (χ0) is 12.0. The maximum absolute atomic E-state index is 6.44.